The van der Waals surface area contributed by atoms with Crippen molar-refractivity contribution in [1.29, 1.82) is 0 Å². The molecule has 109 valence electrons. The third-order valence-corrected chi connectivity index (χ3v) is 4.59. The fraction of sp³-hybridized carbons (Fsp3) is 0.100. The number of halogens is 2. The van der Waals surface area contributed by atoms with Gasteiger partial charge in [0.2, 0.25) is 0 Å². The lowest BCUT2D eigenvalue weighted by atomic mass is 9.94. The summed E-state index contributed by atoms with van der Waals surface area (Å²) in [6.07, 6.45) is 0. The van der Waals surface area contributed by atoms with Gasteiger partial charge in [-0.1, -0.05) is 78.9 Å². The van der Waals surface area contributed by atoms with Gasteiger partial charge in [0.15, 0.2) is 0 Å². The summed E-state index contributed by atoms with van der Waals surface area (Å²) in [5.41, 5.74) is 4.03. The highest BCUT2D eigenvalue weighted by atomic mass is 35.5. The minimum absolute atomic E-state index is 0.237. The average molecular weight is 326 g/mol. The third-order valence-electron chi connectivity index (χ3n) is 3.63. The summed E-state index contributed by atoms with van der Waals surface area (Å²) in [4.78, 5) is 0. The van der Waals surface area contributed by atoms with Crippen molar-refractivity contribution in [2.75, 3.05) is 0 Å². The first kappa shape index (κ1) is 15.1. The van der Waals surface area contributed by atoms with E-state index in [1.165, 1.54) is 0 Å². The topological polar surface area (TPSA) is 0 Å². The maximum absolute atomic E-state index is 6.69. The molecule has 0 saturated carbocycles. The predicted octanol–water partition coefficient (Wildman–Crippen LogP) is 6.14. The molecular formula is C20H15Cl2. The number of hydrogen-bond acceptors (Lipinski definition) is 0. The molecule has 0 N–H and O–H groups in total. The summed E-state index contributed by atoms with van der Waals surface area (Å²) in [5.74, 6) is 0. The Bertz CT molecular complexity index is 658. The smallest absolute Gasteiger partial charge is 0.0844 e. The molecule has 0 bridgehead atoms. The fourth-order valence-corrected chi connectivity index (χ4v) is 3.16. The number of benzene rings is 3. The van der Waals surface area contributed by atoms with Crippen LogP contribution < -0.4 is 0 Å². The number of rotatable bonds is 4. The lowest BCUT2D eigenvalue weighted by molar-refractivity contribution is 1.04. The van der Waals surface area contributed by atoms with Gasteiger partial charge in [-0.05, 0) is 28.3 Å². The minimum atomic E-state index is -0.262. The highest BCUT2D eigenvalue weighted by Crippen LogP contribution is 2.37. The molecule has 2 heteroatoms. The highest BCUT2D eigenvalue weighted by Gasteiger charge is 2.20. The summed E-state index contributed by atoms with van der Waals surface area (Å²) in [6, 6.07) is 29.2. The quantitative estimate of drug-likeness (QED) is 0.505. The Morgan fingerprint density at radius 3 is 1.77 bits per heavy atom. The zero-order chi connectivity index (χ0) is 15.4. The van der Waals surface area contributed by atoms with Crippen LogP contribution in [0.5, 0.6) is 0 Å². The molecule has 2 atom stereocenters. The molecule has 1 radical (unpaired) electrons. The van der Waals surface area contributed by atoms with E-state index in [9.17, 15) is 0 Å². The van der Waals surface area contributed by atoms with Crippen molar-refractivity contribution in [3.05, 3.63) is 107 Å². The number of hydrogen-bond donors (Lipinski definition) is 0. The molecule has 0 saturated heterocycles. The molecule has 0 aliphatic heterocycles. The van der Waals surface area contributed by atoms with Crippen molar-refractivity contribution in [2.45, 2.75) is 10.8 Å². The summed E-state index contributed by atoms with van der Waals surface area (Å²) in [7, 11) is 0. The first-order chi connectivity index (χ1) is 10.8. The van der Waals surface area contributed by atoms with Crippen LogP contribution in [0.2, 0.25) is 0 Å². The molecule has 3 aromatic rings. The van der Waals surface area contributed by atoms with Gasteiger partial charge in [-0.25, -0.2) is 0 Å². The second-order valence-corrected chi connectivity index (χ2v) is 5.96. The molecule has 0 aliphatic rings. The van der Waals surface area contributed by atoms with Crippen LogP contribution in [0.4, 0.5) is 0 Å². The van der Waals surface area contributed by atoms with Crippen LogP contribution in [0.25, 0.3) is 0 Å². The van der Waals surface area contributed by atoms with Crippen LogP contribution in [-0.2, 0) is 0 Å². The summed E-state index contributed by atoms with van der Waals surface area (Å²) >= 11 is 13.4. The Labute approximate surface area is 141 Å². The second-order valence-electron chi connectivity index (χ2n) is 5.09. The van der Waals surface area contributed by atoms with E-state index in [2.05, 4.69) is 6.07 Å². The van der Waals surface area contributed by atoms with Crippen LogP contribution >= 0.6 is 23.2 Å². The van der Waals surface area contributed by atoms with Crippen LogP contribution in [0, 0.1) is 6.07 Å². The van der Waals surface area contributed by atoms with Gasteiger partial charge in [0, 0.05) is 0 Å². The molecule has 0 fully saturated rings. The van der Waals surface area contributed by atoms with Gasteiger partial charge in [0.1, 0.15) is 0 Å². The Morgan fingerprint density at radius 2 is 1.18 bits per heavy atom. The van der Waals surface area contributed by atoms with Gasteiger partial charge in [0.25, 0.3) is 0 Å². The molecular weight excluding hydrogens is 311 g/mol. The minimum Gasteiger partial charge on any atom is -0.113 e. The van der Waals surface area contributed by atoms with Crippen LogP contribution in [0.15, 0.2) is 78.9 Å². The van der Waals surface area contributed by atoms with Gasteiger partial charge in [-0.15, -0.1) is 23.2 Å². The van der Waals surface area contributed by atoms with E-state index in [0.717, 1.165) is 22.3 Å². The lowest BCUT2D eigenvalue weighted by Crippen LogP contribution is -2.02. The van der Waals surface area contributed by atoms with Crippen molar-refractivity contribution >= 4 is 23.2 Å². The van der Waals surface area contributed by atoms with E-state index < -0.39 is 0 Å². The molecule has 22 heavy (non-hydrogen) atoms. The van der Waals surface area contributed by atoms with E-state index >= 15 is 0 Å². The number of alkyl halides is 2. The standard InChI is InChI=1S/C20H15Cl2/c21-19(15-9-3-1-4-10-15)17-13-7-8-14-18(17)20(22)16-11-5-2-6-12-16/h1-13,19-20H. The van der Waals surface area contributed by atoms with E-state index in [1.807, 2.05) is 78.9 Å². The highest BCUT2D eigenvalue weighted by molar-refractivity contribution is 6.24. The normalized spacial score (nSPS) is 13.5. The van der Waals surface area contributed by atoms with E-state index in [0.29, 0.717) is 0 Å². The Morgan fingerprint density at radius 1 is 0.636 bits per heavy atom. The maximum Gasteiger partial charge on any atom is 0.0844 e. The first-order valence-electron chi connectivity index (χ1n) is 7.16. The van der Waals surface area contributed by atoms with Crippen LogP contribution in [0.1, 0.15) is 33.0 Å². The molecule has 0 nitrogen and oxygen atoms in total. The molecule has 0 heterocycles. The maximum atomic E-state index is 6.69. The first-order valence-corrected chi connectivity index (χ1v) is 8.03. The predicted molar refractivity (Wildman–Crippen MR) is 93.6 cm³/mol. The SMILES string of the molecule is ClC(c1ccccc1)c1[c]cccc1C(Cl)c1ccccc1. The lowest BCUT2D eigenvalue weighted by Gasteiger charge is -2.18. The molecule has 0 aromatic heterocycles. The molecule has 3 aromatic carbocycles. The monoisotopic (exact) mass is 325 g/mol. The zero-order valence-corrected chi connectivity index (χ0v) is 13.4. The van der Waals surface area contributed by atoms with Gasteiger partial charge in [0.05, 0.1) is 10.8 Å². The van der Waals surface area contributed by atoms with Crippen molar-refractivity contribution < 1.29 is 0 Å². The Hall–Kier alpha value is -1.76. The molecule has 0 spiro atoms. The van der Waals surface area contributed by atoms with Gasteiger partial charge in [-0.2, -0.15) is 0 Å². The molecule has 3 rings (SSSR count). The fourth-order valence-electron chi connectivity index (χ4n) is 2.49. The second kappa shape index (κ2) is 7.00. The van der Waals surface area contributed by atoms with Gasteiger partial charge in [-0.3, -0.25) is 0 Å². The van der Waals surface area contributed by atoms with Crippen LogP contribution in [-0.4, -0.2) is 0 Å². The molecule has 0 amide bonds. The van der Waals surface area contributed by atoms with Crippen molar-refractivity contribution in [3.8, 4) is 0 Å². The van der Waals surface area contributed by atoms with Crippen molar-refractivity contribution in [3.63, 3.8) is 0 Å². The van der Waals surface area contributed by atoms with E-state index in [1.54, 1.807) is 0 Å². The average Bonchev–Trinajstić information content (AvgIpc) is 2.62. The van der Waals surface area contributed by atoms with Gasteiger partial charge >= 0.3 is 0 Å². The Balaban J connectivity index is 2.00. The molecule has 2 unspecified atom stereocenters. The zero-order valence-electron chi connectivity index (χ0n) is 11.9. The summed E-state index contributed by atoms with van der Waals surface area (Å²) < 4.78 is 0. The largest absolute Gasteiger partial charge is 0.113 e. The third kappa shape index (κ3) is 3.19. The van der Waals surface area contributed by atoms with Crippen molar-refractivity contribution in [1.82, 2.24) is 0 Å². The Kier molecular flexibility index (Phi) is 4.82. The van der Waals surface area contributed by atoms with Gasteiger partial charge < -0.3 is 0 Å². The van der Waals surface area contributed by atoms with E-state index in [4.69, 9.17) is 23.2 Å². The van der Waals surface area contributed by atoms with Crippen molar-refractivity contribution in [2.24, 2.45) is 0 Å². The summed E-state index contributed by atoms with van der Waals surface area (Å²) in [5, 5.41) is -0.499. The van der Waals surface area contributed by atoms with Crippen LogP contribution in [0.3, 0.4) is 0 Å². The summed E-state index contributed by atoms with van der Waals surface area (Å²) in [6.45, 7) is 0. The molecule has 0 aliphatic carbocycles. The van der Waals surface area contributed by atoms with E-state index in [-0.39, 0.29) is 10.8 Å².